The first kappa shape index (κ1) is 12.2. The summed E-state index contributed by atoms with van der Waals surface area (Å²) in [5, 5.41) is 3.52. The molecule has 17 heavy (non-hydrogen) atoms. The van der Waals surface area contributed by atoms with Gasteiger partial charge < -0.3 is 14.8 Å². The molecule has 1 fully saturated rings. The van der Waals surface area contributed by atoms with Crippen molar-refractivity contribution in [2.45, 2.75) is 25.8 Å². The standard InChI is InChI=1S/C14H21NO2/c1-11(12-3-4-12)15-13-5-7-14(8-6-13)17-10-9-16-2/h5-8,11-12,15H,3-4,9-10H2,1-2H3. The molecule has 1 unspecified atom stereocenters. The third kappa shape index (κ3) is 3.93. The Balaban J connectivity index is 1.79. The topological polar surface area (TPSA) is 30.5 Å². The predicted octanol–water partition coefficient (Wildman–Crippen LogP) is 2.92. The second-order valence-corrected chi connectivity index (χ2v) is 4.64. The van der Waals surface area contributed by atoms with Gasteiger partial charge in [0.2, 0.25) is 0 Å². The molecule has 0 aromatic heterocycles. The van der Waals surface area contributed by atoms with Crippen LogP contribution in [0.3, 0.4) is 0 Å². The third-order valence-electron chi connectivity index (χ3n) is 3.13. The largest absolute Gasteiger partial charge is 0.491 e. The van der Waals surface area contributed by atoms with E-state index in [9.17, 15) is 0 Å². The molecule has 3 nitrogen and oxygen atoms in total. The maximum atomic E-state index is 5.51. The number of benzene rings is 1. The molecule has 0 saturated heterocycles. The van der Waals surface area contributed by atoms with E-state index in [-0.39, 0.29) is 0 Å². The van der Waals surface area contributed by atoms with E-state index in [1.807, 2.05) is 12.1 Å². The summed E-state index contributed by atoms with van der Waals surface area (Å²) in [4.78, 5) is 0. The lowest BCUT2D eigenvalue weighted by Gasteiger charge is -2.14. The van der Waals surface area contributed by atoms with Crippen LogP contribution in [0.15, 0.2) is 24.3 Å². The van der Waals surface area contributed by atoms with Crippen molar-refractivity contribution in [3.63, 3.8) is 0 Å². The Morgan fingerprint density at radius 2 is 1.94 bits per heavy atom. The van der Waals surface area contributed by atoms with Crippen molar-refractivity contribution >= 4 is 5.69 Å². The number of nitrogens with one attached hydrogen (secondary N) is 1. The van der Waals surface area contributed by atoms with E-state index in [4.69, 9.17) is 9.47 Å². The summed E-state index contributed by atoms with van der Waals surface area (Å²) in [6.45, 7) is 3.47. The molecule has 0 heterocycles. The fourth-order valence-electron chi connectivity index (χ4n) is 1.87. The third-order valence-corrected chi connectivity index (χ3v) is 3.13. The van der Waals surface area contributed by atoms with Crippen LogP contribution in [0.4, 0.5) is 5.69 Å². The summed E-state index contributed by atoms with van der Waals surface area (Å²) in [6.07, 6.45) is 2.73. The predicted molar refractivity (Wildman–Crippen MR) is 69.6 cm³/mol. The Morgan fingerprint density at radius 1 is 1.24 bits per heavy atom. The van der Waals surface area contributed by atoms with Crippen molar-refractivity contribution in [2.75, 3.05) is 25.6 Å². The summed E-state index contributed by atoms with van der Waals surface area (Å²) < 4.78 is 10.4. The number of anilines is 1. The number of hydrogen-bond acceptors (Lipinski definition) is 3. The van der Waals surface area contributed by atoms with Gasteiger partial charge in [0, 0.05) is 18.8 Å². The van der Waals surface area contributed by atoms with Crippen LogP contribution in [-0.2, 0) is 4.74 Å². The molecule has 1 atom stereocenters. The molecule has 1 saturated carbocycles. The Kier molecular flexibility index (Phi) is 4.26. The van der Waals surface area contributed by atoms with E-state index in [2.05, 4.69) is 24.4 Å². The number of ether oxygens (including phenoxy) is 2. The highest BCUT2D eigenvalue weighted by Gasteiger charge is 2.27. The van der Waals surface area contributed by atoms with Gasteiger partial charge in [0.05, 0.1) is 6.61 Å². The van der Waals surface area contributed by atoms with Gasteiger partial charge in [0.25, 0.3) is 0 Å². The minimum Gasteiger partial charge on any atom is -0.491 e. The molecule has 3 heteroatoms. The van der Waals surface area contributed by atoms with Gasteiger partial charge in [-0.05, 0) is 49.9 Å². The molecule has 0 radical (unpaired) electrons. The molecular formula is C14H21NO2. The number of hydrogen-bond donors (Lipinski definition) is 1. The molecular weight excluding hydrogens is 214 g/mol. The Morgan fingerprint density at radius 3 is 2.53 bits per heavy atom. The molecule has 2 rings (SSSR count). The maximum Gasteiger partial charge on any atom is 0.119 e. The molecule has 94 valence electrons. The molecule has 0 bridgehead atoms. The summed E-state index contributed by atoms with van der Waals surface area (Å²) >= 11 is 0. The van der Waals surface area contributed by atoms with Crippen LogP contribution >= 0.6 is 0 Å². The zero-order valence-corrected chi connectivity index (χ0v) is 10.6. The fourth-order valence-corrected chi connectivity index (χ4v) is 1.87. The fraction of sp³-hybridized carbons (Fsp3) is 0.571. The average molecular weight is 235 g/mol. The summed E-state index contributed by atoms with van der Waals surface area (Å²) in [6, 6.07) is 8.72. The van der Waals surface area contributed by atoms with Crippen LogP contribution in [-0.4, -0.2) is 26.4 Å². The summed E-state index contributed by atoms with van der Waals surface area (Å²) in [5.41, 5.74) is 1.17. The molecule has 0 amide bonds. The van der Waals surface area contributed by atoms with Gasteiger partial charge in [-0.15, -0.1) is 0 Å². The van der Waals surface area contributed by atoms with Crippen LogP contribution in [0.2, 0.25) is 0 Å². The highest BCUT2D eigenvalue weighted by Crippen LogP contribution is 2.34. The average Bonchev–Trinajstić information content (AvgIpc) is 3.16. The maximum absolute atomic E-state index is 5.51. The first-order valence-electron chi connectivity index (χ1n) is 6.28. The lowest BCUT2D eigenvalue weighted by atomic mass is 10.2. The second-order valence-electron chi connectivity index (χ2n) is 4.64. The molecule has 1 N–H and O–H groups in total. The van der Waals surface area contributed by atoms with E-state index in [0.29, 0.717) is 19.3 Å². The van der Waals surface area contributed by atoms with E-state index < -0.39 is 0 Å². The molecule has 1 aromatic carbocycles. The smallest absolute Gasteiger partial charge is 0.119 e. The Bertz CT molecular complexity index is 333. The van der Waals surface area contributed by atoms with Crippen LogP contribution in [0.5, 0.6) is 5.75 Å². The number of methoxy groups -OCH3 is 1. The lowest BCUT2D eigenvalue weighted by Crippen LogP contribution is -2.17. The zero-order valence-electron chi connectivity index (χ0n) is 10.6. The summed E-state index contributed by atoms with van der Waals surface area (Å²) in [5.74, 6) is 1.76. The molecule has 0 spiro atoms. The van der Waals surface area contributed by atoms with Gasteiger partial charge in [0.1, 0.15) is 12.4 Å². The van der Waals surface area contributed by atoms with Gasteiger partial charge in [-0.1, -0.05) is 0 Å². The first-order valence-corrected chi connectivity index (χ1v) is 6.28. The molecule has 0 aliphatic heterocycles. The Labute approximate surface area is 103 Å². The minimum absolute atomic E-state index is 0.579. The molecule has 1 aliphatic rings. The van der Waals surface area contributed by atoms with Crippen LogP contribution in [0, 0.1) is 5.92 Å². The minimum atomic E-state index is 0.579. The Hall–Kier alpha value is -1.22. The van der Waals surface area contributed by atoms with Crippen LogP contribution < -0.4 is 10.1 Å². The van der Waals surface area contributed by atoms with E-state index in [1.54, 1.807) is 7.11 Å². The zero-order chi connectivity index (χ0) is 12.1. The lowest BCUT2D eigenvalue weighted by molar-refractivity contribution is 0.146. The van der Waals surface area contributed by atoms with E-state index >= 15 is 0 Å². The van der Waals surface area contributed by atoms with Crippen LogP contribution in [0.1, 0.15) is 19.8 Å². The SMILES string of the molecule is COCCOc1ccc(NC(C)C2CC2)cc1. The van der Waals surface area contributed by atoms with Crippen molar-refractivity contribution < 1.29 is 9.47 Å². The van der Waals surface area contributed by atoms with E-state index in [1.165, 1.54) is 18.5 Å². The van der Waals surface area contributed by atoms with Gasteiger partial charge >= 0.3 is 0 Å². The molecule has 1 aromatic rings. The van der Waals surface area contributed by atoms with E-state index in [0.717, 1.165) is 11.7 Å². The van der Waals surface area contributed by atoms with Gasteiger partial charge in [-0.25, -0.2) is 0 Å². The van der Waals surface area contributed by atoms with Crippen molar-refractivity contribution in [1.29, 1.82) is 0 Å². The quantitative estimate of drug-likeness (QED) is 0.737. The van der Waals surface area contributed by atoms with Crippen molar-refractivity contribution in [2.24, 2.45) is 5.92 Å². The van der Waals surface area contributed by atoms with Gasteiger partial charge in [-0.3, -0.25) is 0 Å². The number of rotatable bonds is 7. The molecule has 1 aliphatic carbocycles. The van der Waals surface area contributed by atoms with Crippen molar-refractivity contribution in [1.82, 2.24) is 0 Å². The first-order chi connectivity index (χ1) is 8.29. The normalized spacial score (nSPS) is 16.6. The van der Waals surface area contributed by atoms with Crippen molar-refractivity contribution in [3.8, 4) is 5.75 Å². The van der Waals surface area contributed by atoms with Crippen molar-refractivity contribution in [3.05, 3.63) is 24.3 Å². The highest BCUT2D eigenvalue weighted by molar-refractivity contribution is 5.47. The van der Waals surface area contributed by atoms with Gasteiger partial charge in [0.15, 0.2) is 0 Å². The second kappa shape index (κ2) is 5.92. The van der Waals surface area contributed by atoms with Crippen LogP contribution in [0.25, 0.3) is 0 Å². The highest BCUT2D eigenvalue weighted by atomic mass is 16.5. The monoisotopic (exact) mass is 235 g/mol. The van der Waals surface area contributed by atoms with Gasteiger partial charge in [-0.2, -0.15) is 0 Å². The summed E-state index contributed by atoms with van der Waals surface area (Å²) in [7, 11) is 1.68.